The Labute approximate surface area is 140 Å². The lowest BCUT2D eigenvalue weighted by atomic mass is 9.82. The van der Waals surface area contributed by atoms with Crippen molar-refractivity contribution >= 4 is 11.8 Å². The van der Waals surface area contributed by atoms with Gasteiger partial charge >= 0.3 is 11.7 Å². The molecule has 0 amide bonds. The number of aromatic hydroxyl groups is 2. The summed E-state index contributed by atoms with van der Waals surface area (Å²) in [5.74, 6) is -2.17. The van der Waals surface area contributed by atoms with Crippen LogP contribution in [-0.2, 0) is 9.53 Å². The largest absolute Gasteiger partial charge is 0.504 e. The standard InChI is InChI=1S/C16H15N3O6/c1-6-10(15(23)25-2)11(7-3-4-8(20)9(21)5-7)12-13(17-6)18-16(24)19-14(12)22/h3-5,11,20-21H,1-2H3,(H3,17,18,19,22,24). The van der Waals surface area contributed by atoms with E-state index in [1.807, 2.05) is 0 Å². The predicted octanol–water partition coefficient (Wildman–Crippen LogP) is 0.479. The monoisotopic (exact) mass is 345 g/mol. The van der Waals surface area contributed by atoms with Gasteiger partial charge in [-0.2, -0.15) is 0 Å². The normalized spacial score (nSPS) is 16.2. The SMILES string of the molecule is COC(=O)C1=C(C)Nc2[nH]c(=O)[nH]c(=O)c2C1c1ccc(O)c(O)c1. The zero-order valence-electron chi connectivity index (χ0n) is 13.3. The number of phenolic OH excluding ortho intramolecular Hbond substituents is 2. The van der Waals surface area contributed by atoms with Gasteiger partial charge in [-0.1, -0.05) is 6.07 Å². The van der Waals surface area contributed by atoms with E-state index in [0.717, 1.165) is 0 Å². The zero-order chi connectivity index (χ0) is 18.3. The van der Waals surface area contributed by atoms with Crippen molar-refractivity contribution in [2.24, 2.45) is 0 Å². The van der Waals surface area contributed by atoms with Crippen molar-refractivity contribution in [2.75, 3.05) is 12.4 Å². The van der Waals surface area contributed by atoms with Crippen LogP contribution in [0.1, 0.15) is 24.0 Å². The molecule has 0 bridgehead atoms. The molecule has 0 fully saturated rings. The van der Waals surface area contributed by atoms with Gasteiger partial charge in [0.2, 0.25) is 0 Å². The van der Waals surface area contributed by atoms with Crippen LogP contribution in [0.25, 0.3) is 0 Å². The van der Waals surface area contributed by atoms with Crippen LogP contribution in [-0.4, -0.2) is 33.3 Å². The van der Waals surface area contributed by atoms with Gasteiger partial charge in [0.1, 0.15) is 5.82 Å². The van der Waals surface area contributed by atoms with Gasteiger partial charge in [0, 0.05) is 5.70 Å². The summed E-state index contributed by atoms with van der Waals surface area (Å²) in [6.45, 7) is 1.60. The summed E-state index contributed by atoms with van der Waals surface area (Å²) in [6, 6.07) is 3.96. The molecule has 0 saturated carbocycles. The quantitative estimate of drug-likeness (QED) is 0.393. The van der Waals surface area contributed by atoms with Crippen LogP contribution in [0, 0.1) is 0 Å². The van der Waals surface area contributed by atoms with E-state index in [9.17, 15) is 24.6 Å². The number of ether oxygens (including phenoxy) is 1. The van der Waals surface area contributed by atoms with Gasteiger partial charge in [0.15, 0.2) is 11.5 Å². The molecule has 1 atom stereocenters. The van der Waals surface area contributed by atoms with Gasteiger partial charge in [-0.15, -0.1) is 0 Å². The number of phenols is 2. The number of allylic oxidation sites excluding steroid dienone is 1. The molecule has 1 aliphatic heterocycles. The number of carbonyl (C=O) groups excluding carboxylic acids is 1. The first kappa shape index (κ1) is 16.4. The molecule has 0 aliphatic carbocycles. The number of methoxy groups -OCH3 is 1. The Morgan fingerprint density at radius 2 is 1.88 bits per heavy atom. The van der Waals surface area contributed by atoms with Crippen LogP contribution in [0.4, 0.5) is 5.82 Å². The first-order chi connectivity index (χ1) is 11.8. The van der Waals surface area contributed by atoms with E-state index in [2.05, 4.69) is 15.3 Å². The lowest BCUT2D eigenvalue weighted by Crippen LogP contribution is -2.34. The Morgan fingerprint density at radius 3 is 2.52 bits per heavy atom. The number of hydrogen-bond donors (Lipinski definition) is 5. The number of fused-ring (bicyclic) bond motifs is 1. The lowest BCUT2D eigenvalue weighted by Gasteiger charge is -2.28. The molecule has 1 unspecified atom stereocenters. The molecule has 5 N–H and O–H groups in total. The summed E-state index contributed by atoms with van der Waals surface area (Å²) in [6.07, 6.45) is 0. The number of H-pyrrole nitrogens is 2. The van der Waals surface area contributed by atoms with Crippen molar-refractivity contribution in [1.29, 1.82) is 0 Å². The molecule has 0 spiro atoms. The lowest BCUT2D eigenvalue weighted by molar-refractivity contribution is -0.136. The summed E-state index contributed by atoms with van der Waals surface area (Å²) in [5, 5.41) is 22.1. The summed E-state index contributed by atoms with van der Waals surface area (Å²) < 4.78 is 4.81. The number of nitrogens with one attached hydrogen (secondary N) is 3. The minimum absolute atomic E-state index is 0.0932. The fraction of sp³-hybridized carbons (Fsp3) is 0.188. The van der Waals surface area contributed by atoms with E-state index in [0.29, 0.717) is 11.3 Å². The maximum atomic E-state index is 12.4. The molecule has 1 aromatic heterocycles. The fourth-order valence-electron chi connectivity index (χ4n) is 2.92. The van der Waals surface area contributed by atoms with Gasteiger partial charge < -0.3 is 20.3 Å². The van der Waals surface area contributed by atoms with Crippen LogP contribution in [0.5, 0.6) is 11.5 Å². The number of rotatable bonds is 2. The Bertz CT molecular complexity index is 1020. The van der Waals surface area contributed by atoms with Crippen LogP contribution in [0.15, 0.2) is 39.1 Å². The Morgan fingerprint density at radius 1 is 1.16 bits per heavy atom. The molecular weight excluding hydrogens is 330 g/mol. The van der Waals surface area contributed by atoms with Crippen LogP contribution < -0.4 is 16.6 Å². The summed E-state index contributed by atoms with van der Waals surface area (Å²) >= 11 is 0. The number of aromatic nitrogens is 2. The number of benzene rings is 1. The van der Waals surface area contributed by atoms with Crippen molar-refractivity contribution in [3.05, 3.63) is 61.4 Å². The van der Waals surface area contributed by atoms with E-state index in [-0.39, 0.29) is 22.7 Å². The fourth-order valence-corrected chi connectivity index (χ4v) is 2.92. The Balaban J connectivity index is 2.34. The van der Waals surface area contributed by atoms with E-state index in [4.69, 9.17) is 4.74 Å². The predicted molar refractivity (Wildman–Crippen MR) is 87.6 cm³/mol. The number of esters is 1. The highest BCUT2D eigenvalue weighted by Gasteiger charge is 2.36. The molecule has 130 valence electrons. The van der Waals surface area contributed by atoms with Gasteiger partial charge in [0.25, 0.3) is 5.56 Å². The van der Waals surface area contributed by atoms with Crippen LogP contribution >= 0.6 is 0 Å². The van der Waals surface area contributed by atoms with E-state index in [1.54, 1.807) is 6.92 Å². The molecule has 1 aromatic carbocycles. The molecule has 1 aliphatic rings. The smallest absolute Gasteiger partial charge is 0.336 e. The minimum atomic E-state index is -0.907. The first-order valence-corrected chi connectivity index (χ1v) is 7.28. The van der Waals surface area contributed by atoms with Gasteiger partial charge in [0.05, 0.1) is 24.2 Å². The summed E-state index contributed by atoms with van der Waals surface area (Å²) in [4.78, 5) is 40.8. The molecule has 9 heteroatoms. The van der Waals surface area contributed by atoms with Crippen molar-refractivity contribution in [3.63, 3.8) is 0 Å². The average Bonchev–Trinajstić information content (AvgIpc) is 2.55. The highest BCUT2D eigenvalue weighted by Crippen LogP contribution is 2.41. The van der Waals surface area contributed by atoms with E-state index < -0.39 is 28.9 Å². The van der Waals surface area contributed by atoms with Crippen molar-refractivity contribution in [1.82, 2.24) is 9.97 Å². The highest BCUT2D eigenvalue weighted by molar-refractivity contribution is 5.94. The molecule has 25 heavy (non-hydrogen) atoms. The second-order valence-electron chi connectivity index (χ2n) is 5.53. The molecule has 2 heterocycles. The van der Waals surface area contributed by atoms with Gasteiger partial charge in [-0.05, 0) is 24.6 Å². The van der Waals surface area contributed by atoms with Gasteiger partial charge in [-0.3, -0.25) is 14.8 Å². The van der Waals surface area contributed by atoms with E-state index in [1.165, 1.54) is 25.3 Å². The minimum Gasteiger partial charge on any atom is -0.504 e. The third-order valence-corrected chi connectivity index (χ3v) is 4.01. The molecule has 3 rings (SSSR count). The molecule has 9 nitrogen and oxygen atoms in total. The second kappa shape index (κ2) is 5.86. The zero-order valence-corrected chi connectivity index (χ0v) is 13.3. The van der Waals surface area contributed by atoms with Gasteiger partial charge in [-0.25, -0.2) is 9.59 Å². The van der Waals surface area contributed by atoms with Crippen LogP contribution in [0.2, 0.25) is 0 Å². The molecule has 0 saturated heterocycles. The van der Waals surface area contributed by atoms with Crippen molar-refractivity contribution < 1.29 is 19.7 Å². The number of aromatic amines is 2. The Kier molecular flexibility index (Phi) is 3.84. The van der Waals surface area contributed by atoms with E-state index >= 15 is 0 Å². The maximum absolute atomic E-state index is 12.4. The first-order valence-electron chi connectivity index (χ1n) is 7.28. The summed E-state index contributed by atoms with van der Waals surface area (Å²) in [5.41, 5.74) is -0.377. The van der Waals surface area contributed by atoms with Crippen molar-refractivity contribution in [3.8, 4) is 11.5 Å². The topological polar surface area (TPSA) is 145 Å². The number of anilines is 1. The Hall–Kier alpha value is -3.49. The average molecular weight is 345 g/mol. The number of hydrogen-bond acceptors (Lipinski definition) is 7. The molecule has 0 radical (unpaired) electrons. The van der Waals surface area contributed by atoms with Crippen molar-refractivity contribution in [2.45, 2.75) is 12.8 Å². The highest BCUT2D eigenvalue weighted by atomic mass is 16.5. The third-order valence-electron chi connectivity index (χ3n) is 4.01. The molecular formula is C16H15N3O6. The molecule has 2 aromatic rings. The third kappa shape index (κ3) is 2.65. The maximum Gasteiger partial charge on any atom is 0.336 e. The van der Waals surface area contributed by atoms with Crippen LogP contribution in [0.3, 0.4) is 0 Å². The second-order valence-corrected chi connectivity index (χ2v) is 5.53. The number of carbonyl (C=O) groups is 1. The summed E-state index contributed by atoms with van der Waals surface area (Å²) in [7, 11) is 1.21.